The Hall–Kier alpha value is -1.39. The van der Waals surface area contributed by atoms with E-state index >= 15 is 0 Å². The first-order chi connectivity index (χ1) is 9.01. The van der Waals surface area contributed by atoms with Crippen molar-refractivity contribution in [1.82, 2.24) is 5.32 Å². The van der Waals surface area contributed by atoms with Crippen molar-refractivity contribution in [2.75, 3.05) is 13.7 Å². The molecule has 106 valence electrons. The minimum Gasteiger partial charge on any atom is -0.394 e. The Morgan fingerprint density at radius 1 is 1.42 bits per heavy atom. The SMILES string of the molecule is COC(C)CCC(=O)NC(C)(CO)c1ccccc1. The van der Waals surface area contributed by atoms with Crippen LogP contribution in [0.4, 0.5) is 0 Å². The van der Waals surface area contributed by atoms with Crippen LogP contribution in [-0.4, -0.2) is 30.8 Å². The van der Waals surface area contributed by atoms with Crippen LogP contribution in [0.5, 0.6) is 0 Å². The lowest BCUT2D eigenvalue weighted by Gasteiger charge is -2.29. The van der Waals surface area contributed by atoms with Crippen LogP contribution in [0.1, 0.15) is 32.3 Å². The van der Waals surface area contributed by atoms with E-state index in [0.717, 1.165) is 5.56 Å². The highest BCUT2D eigenvalue weighted by Crippen LogP contribution is 2.20. The summed E-state index contributed by atoms with van der Waals surface area (Å²) in [5.74, 6) is -0.0793. The molecule has 0 saturated carbocycles. The van der Waals surface area contributed by atoms with Crippen molar-refractivity contribution in [3.63, 3.8) is 0 Å². The van der Waals surface area contributed by atoms with Gasteiger partial charge in [0.15, 0.2) is 0 Å². The van der Waals surface area contributed by atoms with E-state index in [1.165, 1.54) is 0 Å². The number of ether oxygens (including phenoxy) is 1. The lowest BCUT2D eigenvalue weighted by Crippen LogP contribution is -2.46. The molecule has 0 aliphatic heterocycles. The highest BCUT2D eigenvalue weighted by Gasteiger charge is 2.27. The zero-order valence-electron chi connectivity index (χ0n) is 11.8. The molecule has 0 aromatic heterocycles. The van der Waals surface area contributed by atoms with Gasteiger partial charge in [0.1, 0.15) is 0 Å². The Morgan fingerprint density at radius 3 is 2.58 bits per heavy atom. The first-order valence-corrected chi connectivity index (χ1v) is 6.52. The molecular weight excluding hydrogens is 242 g/mol. The van der Waals surface area contributed by atoms with Crippen LogP contribution in [0.2, 0.25) is 0 Å². The molecule has 2 N–H and O–H groups in total. The van der Waals surface area contributed by atoms with Gasteiger partial charge in [0.05, 0.1) is 18.2 Å². The van der Waals surface area contributed by atoms with Gasteiger partial charge < -0.3 is 15.2 Å². The number of methoxy groups -OCH3 is 1. The summed E-state index contributed by atoms with van der Waals surface area (Å²) in [5.41, 5.74) is 0.153. The summed E-state index contributed by atoms with van der Waals surface area (Å²) in [6.45, 7) is 3.61. The van der Waals surface area contributed by atoms with Crippen molar-refractivity contribution in [2.24, 2.45) is 0 Å². The molecule has 2 atom stereocenters. The van der Waals surface area contributed by atoms with Crippen molar-refractivity contribution < 1.29 is 14.6 Å². The maximum Gasteiger partial charge on any atom is 0.220 e. The summed E-state index contributed by atoms with van der Waals surface area (Å²) in [7, 11) is 1.63. The second-order valence-corrected chi connectivity index (χ2v) is 4.99. The molecule has 19 heavy (non-hydrogen) atoms. The molecule has 0 heterocycles. The van der Waals surface area contributed by atoms with Gasteiger partial charge in [-0.3, -0.25) is 4.79 Å². The van der Waals surface area contributed by atoms with Crippen molar-refractivity contribution in [3.05, 3.63) is 35.9 Å². The van der Waals surface area contributed by atoms with Gasteiger partial charge in [-0.1, -0.05) is 30.3 Å². The monoisotopic (exact) mass is 265 g/mol. The standard InChI is InChI=1S/C15H23NO3/c1-12(19-3)9-10-14(18)16-15(2,11-17)13-7-5-4-6-8-13/h4-8,12,17H,9-11H2,1-3H3,(H,16,18). The molecule has 0 aliphatic rings. The molecule has 1 aromatic rings. The predicted molar refractivity (Wildman–Crippen MR) is 74.7 cm³/mol. The maximum absolute atomic E-state index is 11.9. The van der Waals surface area contributed by atoms with Crippen LogP contribution in [0.3, 0.4) is 0 Å². The largest absolute Gasteiger partial charge is 0.394 e. The third-order valence-corrected chi connectivity index (χ3v) is 3.32. The lowest BCUT2D eigenvalue weighted by atomic mass is 9.92. The molecule has 4 nitrogen and oxygen atoms in total. The highest BCUT2D eigenvalue weighted by molar-refractivity contribution is 5.77. The van der Waals surface area contributed by atoms with E-state index in [-0.39, 0.29) is 18.6 Å². The Balaban J connectivity index is 2.63. The van der Waals surface area contributed by atoms with E-state index in [0.29, 0.717) is 12.8 Å². The zero-order valence-corrected chi connectivity index (χ0v) is 11.8. The van der Waals surface area contributed by atoms with Gasteiger partial charge in [-0.25, -0.2) is 0 Å². The fraction of sp³-hybridized carbons (Fsp3) is 0.533. The fourth-order valence-electron chi connectivity index (χ4n) is 1.83. The fourth-order valence-corrected chi connectivity index (χ4v) is 1.83. The van der Waals surface area contributed by atoms with Crippen LogP contribution >= 0.6 is 0 Å². The first kappa shape index (κ1) is 15.7. The highest BCUT2D eigenvalue weighted by atomic mass is 16.5. The summed E-state index contributed by atoms with van der Waals surface area (Å²) in [6.07, 6.45) is 1.11. The van der Waals surface area contributed by atoms with Gasteiger partial charge in [0, 0.05) is 13.5 Å². The molecule has 0 spiro atoms. The number of aliphatic hydroxyl groups is 1. The maximum atomic E-state index is 11.9. The molecular formula is C15H23NO3. The number of nitrogens with one attached hydrogen (secondary N) is 1. The summed E-state index contributed by atoms with van der Waals surface area (Å²) >= 11 is 0. The second kappa shape index (κ2) is 7.26. The topological polar surface area (TPSA) is 58.6 Å². The number of benzene rings is 1. The van der Waals surface area contributed by atoms with Crippen molar-refractivity contribution in [1.29, 1.82) is 0 Å². The van der Waals surface area contributed by atoms with Crippen LogP contribution < -0.4 is 5.32 Å². The molecule has 1 rings (SSSR count). The van der Waals surface area contributed by atoms with Gasteiger partial charge in [0.2, 0.25) is 5.91 Å². The Bertz CT molecular complexity index is 394. The third-order valence-electron chi connectivity index (χ3n) is 3.32. The number of carbonyl (C=O) groups is 1. The Kier molecular flexibility index (Phi) is 5.99. The second-order valence-electron chi connectivity index (χ2n) is 4.99. The Morgan fingerprint density at radius 2 is 2.05 bits per heavy atom. The van der Waals surface area contributed by atoms with Gasteiger partial charge in [-0.15, -0.1) is 0 Å². The van der Waals surface area contributed by atoms with Gasteiger partial charge >= 0.3 is 0 Å². The minimum absolute atomic E-state index is 0.0582. The van der Waals surface area contributed by atoms with E-state index < -0.39 is 5.54 Å². The van der Waals surface area contributed by atoms with Crippen LogP contribution in [0.15, 0.2) is 30.3 Å². The quantitative estimate of drug-likeness (QED) is 0.790. The number of rotatable bonds is 7. The van der Waals surface area contributed by atoms with Gasteiger partial charge in [0.25, 0.3) is 0 Å². The number of hydrogen-bond donors (Lipinski definition) is 2. The minimum atomic E-state index is -0.741. The Labute approximate surface area is 114 Å². The summed E-state index contributed by atoms with van der Waals surface area (Å²) < 4.78 is 5.11. The average molecular weight is 265 g/mol. The molecule has 0 saturated heterocycles. The molecule has 0 aliphatic carbocycles. The van der Waals surface area contributed by atoms with E-state index in [1.807, 2.05) is 44.2 Å². The predicted octanol–water partition coefficient (Wildman–Crippen LogP) is 1.83. The first-order valence-electron chi connectivity index (χ1n) is 6.52. The molecule has 0 radical (unpaired) electrons. The third kappa shape index (κ3) is 4.65. The van der Waals surface area contributed by atoms with Gasteiger partial charge in [-0.2, -0.15) is 0 Å². The molecule has 1 amide bonds. The lowest BCUT2D eigenvalue weighted by molar-refractivity contribution is -0.124. The number of aliphatic hydroxyl groups excluding tert-OH is 1. The van der Waals surface area contributed by atoms with Crippen LogP contribution in [0, 0.1) is 0 Å². The number of amides is 1. The van der Waals surface area contributed by atoms with E-state index in [1.54, 1.807) is 7.11 Å². The van der Waals surface area contributed by atoms with E-state index in [4.69, 9.17) is 4.74 Å². The molecule has 0 bridgehead atoms. The van der Waals surface area contributed by atoms with Crippen molar-refractivity contribution >= 4 is 5.91 Å². The molecule has 0 fully saturated rings. The summed E-state index contributed by atoms with van der Waals surface area (Å²) in [4.78, 5) is 11.9. The summed E-state index contributed by atoms with van der Waals surface area (Å²) in [5, 5.41) is 12.5. The molecule has 1 aromatic carbocycles. The normalized spacial score (nSPS) is 15.6. The van der Waals surface area contributed by atoms with Gasteiger partial charge in [-0.05, 0) is 25.8 Å². The molecule has 2 unspecified atom stereocenters. The molecule has 4 heteroatoms. The van der Waals surface area contributed by atoms with Crippen molar-refractivity contribution in [2.45, 2.75) is 38.3 Å². The number of hydrogen-bond acceptors (Lipinski definition) is 3. The van der Waals surface area contributed by atoms with E-state index in [9.17, 15) is 9.90 Å². The number of carbonyl (C=O) groups excluding carboxylic acids is 1. The zero-order chi connectivity index (χ0) is 14.3. The van der Waals surface area contributed by atoms with Crippen molar-refractivity contribution in [3.8, 4) is 0 Å². The van der Waals surface area contributed by atoms with Crippen LogP contribution in [0.25, 0.3) is 0 Å². The van der Waals surface area contributed by atoms with E-state index in [2.05, 4.69) is 5.32 Å². The summed E-state index contributed by atoms with van der Waals surface area (Å²) in [6, 6.07) is 9.48. The average Bonchev–Trinajstić information content (AvgIpc) is 2.45. The van der Waals surface area contributed by atoms with Crippen LogP contribution in [-0.2, 0) is 15.1 Å². The smallest absolute Gasteiger partial charge is 0.220 e.